The van der Waals surface area contributed by atoms with Crippen molar-refractivity contribution in [1.29, 1.82) is 0 Å². The monoisotopic (exact) mass is 214 g/mol. The van der Waals surface area contributed by atoms with Crippen LogP contribution in [0.3, 0.4) is 0 Å². The summed E-state index contributed by atoms with van der Waals surface area (Å²) in [6.45, 7) is 9.27. The molecule has 15 heavy (non-hydrogen) atoms. The number of carbonyl (C=O) groups excluding carboxylic acids is 2. The molecule has 0 heterocycles. The molecule has 0 unspecified atom stereocenters. The van der Waals surface area contributed by atoms with Crippen LogP contribution in [0, 0.1) is 0 Å². The summed E-state index contributed by atoms with van der Waals surface area (Å²) in [7, 11) is 3.69. The Hall–Kier alpha value is -1.16. The molecule has 0 saturated carbocycles. The number of hydrogen-bond donors (Lipinski definition) is 0. The molecule has 0 aromatic rings. The Labute approximate surface area is 92.5 Å². The number of amides is 1. The van der Waals surface area contributed by atoms with E-state index < -0.39 is 0 Å². The third kappa shape index (κ3) is 10.8. The summed E-state index contributed by atoms with van der Waals surface area (Å²) in [5.74, 6) is 0.122. The molecule has 4 nitrogen and oxygen atoms in total. The third-order valence-electron chi connectivity index (χ3n) is 1.35. The van der Waals surface area contributed by atoms with Gasteiger partial charge >= 0.3 is 0 Å². The smallest absolute Gasteiger partial charge is 0.260 e. The highest BCUT2D eigenvalue weighted by Crippen LogP contribution is 1.95. The average Bonchev–Trinajstić information content (AvgIpc) is 2.11. The number of hydrogen-bond acceptors (Lipinski definition) is 3. The zero-order valence-electron chi connectivity index (χ0n) is 10.4. The fourth-order valence-corrected chi connectivity index (χ4v) is 0.824. The molecule has 0 saturated heterocycles. The summed E-state index contributed by atoms with van der Waals surface area (Å²) in [6, 6.07) is 0. The van der Waals surface area contributed by atoms with Crippen molar-refractivity contribution in [3.05, 3.63) is 12.7 Å². The minimum Gasteiger partial charge on any atom is -0.300 e. The highest BCUT2D eigenvalue weighted by atomic mass is 16.2. The summed E-state index contributed by atoms with van der Waals surface area (Å²) >= 11 is 0. The van der Waals surface area contributed by atoms with Crippen LogP contribution in [-0.4, -0.2) is 42.3 Å². The molecule has 0 spiro atoms. The first-order valence-corrected chi connectivity index (χ1v) is 4.95. The number of rotatable bonds is 4. The van der Waals surface area contributed by atoms with E-state index in [0.29, 0.717) is 0 Å². The molecule has 1 amide bonds. The standard InChI is InChI=1S/C8H16N2O.C3H6O/c1-5-7-10(9(3)4)8(11)6-2;1-3(2)4/h6H,2,5,7H2,1,3-4H3;1-2H3. The van der Waals surface area contributed by atoms with Crippen LogP contribution in [0.1, 0.15) is 27.2 Å². The van der Waals surface area contributed by atoms with E-state index in [9.17, 15) is 9.59 Å². The normalized spacial score (nSPS) is 8.93. The highest BCUT2D eigenvalue weighted by Gasteiger charge is 2.09. The molecule has 0 fully saturated rings. The number of hydrazine groups is 1. The highest BCUT2D eigenvalue weighted by molar-refractivity contribution is 5.86. The van der Waals surface area contributed by atoms with Gasteiger partial charge in [-0.2, -0.15) is 0 Å². The quantitative estimate of drug-likeness (QED) is 0.526. The molecule has 88 valence electrons. The van der Waals surface area contributed by atoms with Gasteiger partial charge in [0.25, 0.3) is 5.91 Å². The van der Waals surface area contributed by atoms with Gasteiger partial charge in [-0.05, 0) is 26.3 Å². The lowest BCUT2D eigenvalue weighted by molar-refractivity contribution is -0.139. The van der Waals surface area contributed by atoms with Crippen molar-refractivity contribution >= 4 is 11.7 Å². The molecule has 4 heteroatoms. The summed E-state index contributed by atoms with van der Waals surface area (Å²) in [5, 5.41) is 3.42. The zero-order valence-corrected chi connectivity index (χ0v) is 10.4. The van der Waals surface area contributed by atoms with Crippen LogP contribution in [0.2, 0.25) is 0 Å². The molecule has 0 N–H and O–H groups in total. The maximum Gasteiger partial charge on any atom is 0.260 e. The van der Waals surface area contributed by atoms with Gasteiger partial charge in [0.2, 0.25) is 0 Å². The lowest BCUT2D eigenvalue weighted by Gasteiger charge is -2.27. The van der Waals surface area contributed by atoms with E-state index in [4.69, 9.17) is 0 Å². The first-order chi connectivity index (χ1) is 6.86. The predicted molar refractivity (Wildman–Crippen MR) is 62.2 cm³/mol. The Kier molecular flexibility index (Phi) is 10.2. The van der Waals surface area contributed by atoms with E-state index in [1.54, 1.807) is 10.0 Å². The van der Waals surface area contributed by atoms with Crippen LogP contribution in [0.4, 0.5) is 0 Å². The van der Waals surface area contributed by atoms with Crippen LogP contribution in [0.15, 0.2) is 12.7 Å². The van der Waals surface area contributed by atoms with E-state index in [2.05, 4.69) is 6.58 Å². The predicted octanol–water partition coefficient (Wildman–Crippen LogP) is 1.48. The van der Waals surface area contributed by atoms with Crippen molar-refractivity contribution in [3.8, 4) is 0 Å². The molecule has 0 aliphatic carbocycles. The molecule has 0 aromatic carbocycles. The molecule has 0 radical (unpaired) electrons. The summed E-state index contributed by atoms with van der Waals surface area (Å²) in [6.07, 6.45) is 2.29. The van der Waals surface area contributed by atoms with Crippen LogP contribution in [0.5, 0.6) is 0 Å². The lowest BCUT2D eigenvalue weighted by Crippen LogP contribution is -2.41. The first kappa shape index (κ1) is 16.3. The van der Waals surface area contributed by atoms with Gasteiger partial charge < -0.3 is 4.79 Å². The van der Waals surface area contributed by atoms with Crippen LogP contribution < -0.4 is 0 Å². The van der Waals surface area contributed by atoms with Gasteiger partial charge in [0.1, 0.15) is 5.78 Å². The SMILES string of the molecule is C=CC(=O)N(CCC)N(C)C.CC(C)=O. The summed E-state index contributed by atoms with van der Waals surface area (Å²) in [5.41, 5.74) is 0. The van der Waals surface area contributed by atoms with Gasteiger partial charge in [-0.3, -0.25) is 9.80 Å². The largest absolute Gasteiger partial charge is 0.300 e. The fraction of sp³-hybridized carbons (Fsp3) is 0.636. The average molecular weight is 214 g/mol. The Morgan fingerprint density at radius 3 is 1.87 bits per heavy atom. The topological polar surface area (TPSA) is 40.6 Å². The van der Waals surface area contributed by atoms with Crippen molar-refractivity contribution in [2.45, 2.75) is 27.2 Å². The molecule has 0 aliphatic heterocycles. The molecule has 0 aromatic heterocycles. The van der Waals surface area contributed by atoms with Crippen LogP contribution in [0.25, 0.3) is 0 Å². The van der Waals surface area contributed by atoms with Crippen LogP contribution >= 0.6 is 0 Å². The molecule has 0 bridgehead atoms. The maximum absolute atomic E-state index is 11.1. The molecular weight excluding hydrogens is 192 g/mol. The number of Topliss-reactive ketones (excluding diaryl/α,β-unsaturated/α-hetero) is 1. The van der Waals surface area contributed by atoms with E-state index >= 15 is 0 Å². The van der Waals surface area contributed by atoms with Gasteiger partial charge in [0.05, 0.1) is 0 Å². The first-order valence-electron chi connectivity index (χ1n) is 4.95. The minimum atomic E-state index is -0.0446. The van der Waals surface area contributed by atoms with Crippen molar-refractivity contribution in [2.24, 2.45) is 0 Å². The molecule has 0 atom stereocenters. The number of nitrogens with zero attached hydrogens (tertiary/aromatic N) is 2. The summed E-state index contributed by atoms with van der Waals surface area (Å²) in [4.78, 5) is 20.6. The molecule has 0 rings (SSSR count). The Morgan fingerprint density at radius 2 is 1.67 bits per heavy atom. The summed E-state index contributed by atoms with van der Waals surface area (Å²) < 4.78 is 0. The maximum atomic E-state index is 11.1. The Morgan fingerprint density at radius 1 is 1.27 bits per heavy atom. The fourth-order valence-electron chi connectivity index (χ4n) is 0.824. The second-order valence-electron chi connectivity index (χ2n) is 3.42. The van der Waals surface area contributed by atoms with E-state index in [-0.39, 0.29) is 11.7 Å². The van der Waals surface area contributed by atoms with Crippen molar-refractivity contribution in [3.63, 3.8) is 0 Å². The zero-order chi connectivity index (χ0) is 12.4. The van der Waals surface area contributed by atoms with Crippen molar-refractivity contribution < 1.29 is 9.59 Å². The minimum absolute atomic E-state index is 0.0446. The Bertz CT molecular complexity index is 209. The third-order valence-corrected chi connectivity index (χ3v) is 1.35. The van der Waals surface area contributed by atoms with E-state index in [1.165, 1.54) is 19.9 Å². The molecule has 0 aliphatic rings. The second-order valence-corrected chi connectivity index (χ2v) is 3.42. The lowest BCUT2D eigenvalue weighted by atomic mass is 10.4. The van der Waals surface area contributed by atoms with Gasteiger partial charge in [-0.15, -0.1) is 0 Å². The van der Waals surface area contributed by atoms with E-state index in [0.717, 1.165) is 13.0 Å². The molecular formula is C11H22N2O2. The van der Waals surface area contributed by atoms with Crippen molar-refractivity contribution in [1.82, 2.24) is 10.0 Å². The Balaban J connectivity index is 0. The second kappa shape index (κ2) is 9.40. The number of carbonyl (C=O) groups is 2. The number of ketones is 1. The van der Waals surface area contributed by atoms with Crippen LogP contribution in [-0.2, 0) is 9.59 Å². The van der Waals surface area contributed by atoms with Gasteiger partial charge in [-0.1, -0.05) is 13.5 Å². The van der Waals surface area contributed by atoms with Gasteiger partial charge in [0.15, 0.2) is 0 Å². The van der Waals surface area contributed by atoms with Crippen molar-refractivity contribution in [2.75, 3.05) is 20.6 Å². The van der Waals surface area contributed by atoms with Gasteiger partial charge in [-0.25, -0.2) is 5.01 Å². The van der Waals surface area contributed by atoms with E-state index in [1.807, 2.05) is 21.0 Å². The van der Waals surface area contributed by atoms with Gasteiger partial charge in [0, 0.05) is 20.6 Å².